The van der Waals surface area contributed by atoms with Crippen LogP contribution in [0.1, 0.15) is 26.7 Å². The van der Waals surface area contributed by atoms with Gasteiger partial charge < -0.3 is 5.32 Å². The number of hydrogen-bond donors (Lipinski definition) is 1. The lowest BCUT2D eigenvalue weighted by Crippen LogP contribution is -2.18. The molecule has 0 unspecified atom stereocenters. The molecule has 0 atom stereocenters. The zero-order chi connectivity index (χ0) is 12.1. The maximum atomic E-state index is 4.28. The van der Waals surface area contributed by atoms with Gasteiger partial charge in [-0.2, -0.15) is 5.10 Å². The van der Waals surface area contributed by atoms with E-state index in [2.05, 4.69) is 42.5 Å². The van der Waals surface area contributed by atoms with E-state index in [1.165, 1.54) is 0 Å². The maximum absolute atomic E-state index is 4.28. The summed E-state index contributed by atoms with van der Waals surface area (Å²) in [6, 6.07) is 10.7. The Hall–Kier alpha value is -1.77. The van der Waals surface area contributed by atoms with E-state index in [1.807, 2.05) is 23.0 Å². The number of benzene rings is 1. The smallest absolute Gasteiger partial charge is 0.0876 e. The van der Waals surface area contributed by atoms with Crippen molar-refractivity contribution in [2.24, 2.45) is 0 Å². The molecule has 0 amide bonds. The van der Waals surface area contributed by atoms with Crippen molar-refractivity contribution in [1.82, 2.24) is 9.78 Å². The molecule has 3 heteroatoms. The summed E-state index contributed by atoms with van der Waals surface area (Å²) >= 11 is 0. The minimum Gasteiger partial charge on any atom is -0.381 e. The number of nitrogens with zero attached hydrogens (tertiary/aromatic N) is 2. The minimum atomic E-state index is 0.520. The Morgan fingerprint density at radius 1 is 1.18 bits per heavy atom. The van der Waals surface area contributed by atoms with Crippen LogP contribution in [0.5, 0.6) is 0 Å². The maximum Gasteiger partial charge on any atom is 0.0876 e. The van der Waals surface area contributed by atoms with Crippen LogP contribution in [0.2, 0.25) is 0 Å². The van der Waals surface area contributed by atoms with E-state index in [0.717, 1.165) is 24.2 Å². The highest BCUT2D eigenvalue weighted by Crippen LogP contribution is 2.21. The molecule has 2 rings (SSSR count). The Kier molecular flexibility index (Phi) is 3.81. The Morgan fingerprint density at radius 2 is 1.94 bits per heavy atom. The molecule has 3 nitrogen and oxygen atoms in total. The quantitative estimate of drug-likeness (QED) is 0.850. The Morgan fingerprint density at radius 3 is 2.59 bits per heavy atom. The summed E-state index contributed by atoms with van der Waals surface area (Å²) in [6.45, 7) is 4.41. The molecule has 0 fully saturated rings. The second-order valence-electron chi connectivity index (χ2n) is 4.13. The lowest BCUT2D eigenvalue weighted by Gasteiger charge is -2.18. The van der Waals surface area contributed by atoms with Gasteiger partial charge in [-0.05, 0) is 31.0 Å². The van der Waals surface area contributed by atoms with Crippen molar-refractivity contribution in [3.05, 3.63) is 42.7 Å². The summed E-state index contributed by atoms with van der Waals surface area (Å²) in [4.78, 5) is 0. The molecule has 0 saturated heterocycles. The highest BCUT2D eigenvalue weighted by Gasteiger charge is 2.07. The van der Waals surface area contributed by atoms with Gasteiger partial charge >= 0.3 is 0 Å². The third-order valence-corrected chi connectivity index (χ3v) is 3.00. The normalized spacial score (nSPS) is 10.8. The van der Waals surface area contributed by atoms with Crippen LogP contribution in [0.3, 0.4) is 0 Å². The second-order valence-corrected chi connectivity index (χ2v) is 4.13. The van der Waals surface area contributed by atoms with Crippen molar-refractivity contribution in [2.75, 3.05) is 5.32 Å². The summed E-state index contributed by atoms with van der Waals surface area (Å²) < 4.78 is 1.89. The monoisotopic (exact) mass is 229 g/mol. The van der Waals surface area contributed by atoms with Gasteiger partial charge in [0.25, 0.3) is 0 Å². The summed E-state index contributed by atoms with van der Waals surface area (Å²) in [6.07, 6.45) is 6.02. The Bertz CT molecular complexity index is 444. The first kappa shape index (κ1) is 11.7. The summed E-state index contributed by atoms with van der Waals surface area (Å²) in [7, 11) is 0. The number of rotatable bonds is 5. The molecule has 0 aliphatic heterocycles. The van der Waals surface area contributed by atoms with Crippen LogP contribution < -0.4 is 5.32 Å². The van der Waals surface area contributed by atoms with E-state index < -0.39 is 0 Å². The van der Waals surface area contributed by atoms with Crippen LogP contribution in [0.15, 0.2) is 42.7 Å². The van der Waals surface area contributed by atoms with Gasteiger partial charge in [-0.3, -0.25) is 0 Å². The predicted octanol–water partition coefficient (Wildman–Crippen LogP) is 3.47. The molecule has 1 N–H and O–H groups in total. The third-order valence-electron chi connectivity index (χ3n) is 3.00. The zero-order valence-corrected chi connectivity index (χ0v) is 10.4. The van der Waals surface area contributed by atoms with Crippen LogP contribution in [0.4, 0.5) is 5.69 Å². The van der Waals surface area contributed by atoms with E-state index in [0.29, 0.717) is 6.04 Å². The van der Waals surface area contributed by atoms with Gasteiger partial charge in [-0.1, -0.05) is 26.0 Å². The van der Waals surface area contributed by atoms with Gasteiger partial charge in [0.15, 0.2) is 0 Å². The number of anilines is 1. The van der Waals surface area contributed by atoms with Crippen LogP contribution >= 0.6 is 0 Å². The second kappa shape index (κ2) is 5.53. The van der Waals surface area contributed by atoms with E-state index in [4.69, 9.17) is 0 Å². The average molecular weight is 229 g/mol. The van der Waals surface area contributed by atoms with Gasteiger partial charge in [0.1, 0.15) is 0 Å². The fourth-order valence-electron chi connectivity index (χ4n) is 1.92. The Labute approximate surface area is 102 Å². The third kappa shape index (κ3) is 2.67. The van der Waals surface area contributed by atoms with E-state index in [1.54, 1.807) is 6.20 Å². The molecule has 0 spiro atoms. The number of aromatic nitrogens is 2. The van der Waals surface area contributed by atoms with Crippen LogP contribution in [0, 0.1) is 0 Å². The first-order valence-electron chi connectivity index (χ1n) is 6.20. The molecule has 1 heterocycles. The molecule has 0 bridgehead atoms. The molecule has 0 radical (unpaired) electrons. The van der Waals surface area contributed by atoms with Crippen LogP contribution in [-0.2, 0) is 0 Å². The first-order valence-corrected chi connectivity index (χ1v) is 6.20. The van der Waals surface area contributed by atoms with Crippen molar-refractivity contribution in [3.63, 3.8) is 0 Å². The highest BCUT2D eigenvalue weighted by atomic mass is 15.3. The van der Waals surface area contributed by atoms with E-state index in [9.17, 15) is 0 Å². The Balaban J connectivity index is 2.28. The predicted molar refractivity (Wildman–Crippen MR) is 71.6 cm³/mol. The lowest BCUT2D eigenvalue weighted by atomic mass is 10.1. The van der Waals surface area contributed by atoms with E-state index in [-0.39, 0.29) is 0 Å². The first-order chi connectivity index (χ1) is 8.35. The SMILES string of the molecule is CCC(CC)Nc1ccccc1-n1cccn1. The molecule has 17 heavy (non-hydrogen) atoms. The largest absolute Gasteiger partial charge is 0.381 e. The van der Waals surface area contributed by atoms with Gasteiger partial charge in [0.05, 0.1) is 11.4 Å². The lowest BCUT2D eigenvalue weighted by molar-refractivity contribution is 0.670. The minimum absolute atomic E-state index is 0.520. The fraction of sp³-hybridized carbons (Fsp3) is 0.357. The van der Waals surface area contributed by atoms with Crippen molar-refractivity contribution < 1.29 is 0 Å². The molecular weight excluding hydrogens is 210 g/mol. The topological polar surface area (TPSA) is 29.9 Å². The van der Waals surface area contributed by atoms with Gasteiger partial charge in [-0.25, -0.2) is 4.68 Å². The molecule has 1 aromatic heterocycles. The number of hydrogen-bond acceptors (Lipinski definition) is 2. The number of nitrogens with one attached hydrogen (secondary N) is 1. The standard InChI is InChI=1S/C14H19N3/c1-3-12(4-2)16-13-8-5-6-9-14(13)17-11-7-10-15-17/h5-12,16H,3-4H2,1-2H3. The summed E-state index contributed by atoms with van der Waals surface area (Å²) in [5, 5.41) is 7.86. The van der Waals surface area contributed by atoms with Crippen molar-refractivity contribution in [2.45, 2.75) is 32.7 Å². The van der Waals surface area contributed by atoms with Crippen LogP contribution in [-0.4, -0.2) is 15.8 Å². The molecule has 90 valence electrons. The van der Waals surface area contributed by atoms with E-state index >= 15 is 0 Å². The van der Waals surface area contributed by atoms with Crippen molar-refractivity contribution in [3.8, 4) is 5.69 Å². The molecule has 1 aromatic carbocycles. The molecule has 0 aliphatic rings. The van der Waals surface area contributed by atoms with Gasteiger partial charge in [-0.15, -0.1) is 0 Å². The zero-order valence-electron chi connectivity index (χ0n) is 10.4. The van der Waals surface area contributed by atoms with Crippen molar-refractivity contribution in [1.29, 1.82) is 0 Å². The molecule has 0 aliphatic carbocycles. The highest BCUT2D eigenvalue weighted by molar-refractivity contribution is 5.61. The molecule has 2 aromatic rings. The molecule has 0 saturated carbocycles. The van der Waals surface area contributed by atoms with Crippen molar-refractivity contribution >= 4 is 5.69 Å². The molecular formula is C14H19N3. The summed E-state index contributed by atoms with van der Waals surface area (Å²) in [5.74, 6) is 0. The summed E-state index contributed by atoms with van der Waals surface area (Å²) in [5.41, 5.74) is 2.24. The van der Waals surface area contributed by atoms with Crippen LogP contribution in [0.25, 0.3) is 5.69 Å². The fourth-order valence-corrected chi connectivity index (χ4v) is 1.92. The van der Waals surface area contributed by atoms with Gasteiger partial charge in [0.2, 0.25) is 0 Å². The van der Waals surface area contributed by atoms with Gasteiger partial charge in [0, 0.05) is 18.4 Å². The average Bonchev–Trinajstić information content (AvgIpc) is 2.90. The number of para-hydroxylation sites is 2.